The van der Waals surface area contributed by atoms with Gasteiger partial charge in [0.05, 0.1) is 7.11 Å². The second-order valence-corrected chi connectivity index (χ2v) is 6.77. The average Bonchev–Trinajstić information content (AvgIpc) is 2.77. The van der Waals surface area contributed by atoms with E-state index in [9.17, 15) is 9.59 Å². The first kappa shape index (κ1) is 23.4. The van der Waals surface area contributed by atoms with Crippen molar-refractivity contribution in [3.8, 4) is 5.75 Å². The summed E-state index contributed by atoms with van der Waals surface area (Å²) < 4.78 is 5.21. The zero-order valence-electron chi connectivity index (χ0n) is 17.9. The molecule has 31 heavy (non-hydrogen) atoms. The Morgan fingerprint density at radius 1 is 1.13 bits per heavy atom. The molecule has 0 saturated heterocycles. The standard InChI is InChI=1S/C24H28N4O3/c1-4-7-17(5-2)21(23(29)27-15-16-8-6-9-20(14-16)31-3)24(30)28-19-12-10-18(11-13-19)22(25)26/h4-14,21H,15H2,1-3H3,(H3,25,26)(H,27,29)(H,28,30)/b7-4-,17-5+. The lowest BCUT2D eigenvalue weighted by molar-refractivity contribution is -0.130. The van der Waals surface area contributed by atoms with Crippen LogP contribution in [0.25, 0.3) is 0 Å². The van der Waals surface area contributed by atoms with E-state index in [0.29, 0.717) is 22.6 Å². The summed E-state index contributed by atoms with van der Waals surface area (Å²) in [6.45, 7) is 3.87. The van der Waals surface area contributed by atoms with Gasteiger partial charge < -0.3 is 21.1 Å². The summed E-state index contributed by atoms with van der Waals surface area (Å²) in [6, 6.07) is 13.9. The molecule has 0 aliphatic rings. The number of rotatable bonds is 9. The number of anilines is 1. The highest BCUT2D eigenvalue weighted by atomic mass is 16.5. The number of amidine groups is 1. The highest BCUT2D eigenvalue weighted by Crippen LogP contribution is 2.19. The quantitative estimate of drug-likeness (QED) is 0.215. The lowest BCUT2D eigenvalue weighted by Crippen LogP contribution is -2.38. The molecule has 0 bridgehead atoms. The monoisotopic (exact) mass is 420 g/mol. The molecule has 0 radical (unpaired) electrons. The Hall–Kier alpha value is -3.87. The number of hydrogen-bond donors (Lipinski definition) is 4. The molecule has 0 fully saturated rings. The maximum absolute atomic E-state index is 13.0. The third-order valence-electron chi connectivity index (χ3n) is 4.61. The van der Waals surface area contributed by atoms with Gasteiger partial charge in [0.25, 0.3) is 0 Å². The van der Waals surface area contributed by atoms with E-state index in [1.54, 1.807) is 56.5 Å². The zero-order valence-corrected chi connectivity index (χ0v) is 17.9. The minimum atomic E-state index is -1.03. The molecule has 0 aliphatic heterocycles. The molecule has 1 unspecified atom stereocenters. The summed E-state index contributed by atoms with van der Waals surface area (Å²) in [7, 11) is 1.58. The molecule has 7 heteroatoms. The SMILES string of the molecule is C/C=C\C(=C/C)C(C(=O)NCc1cccc(OC)c1)C(=O)Nc1ccc(C(=N)N)cc1. The number of hydrogen-bond acceptors (Lipinski definition) is 4. The van der Waals surface area contributed by atoms with Crippen LogP contribution >= 0.6 is 0 Å². The van der Waals surface area contributed by atoms with E-state index in [2.05, 4.69) is 10.6 Å². The molecule has 1 atom stereocenters. The number of methoxy groups -OCH3 is 1. The molecular formula is C24H28N4O3. The van der Waals surface area contributed by atoms with Crippen LogP contribution in [0.3, 0.4) is 0 Å². The molecule has 2 aromatic carbocycles. The van der Waals surface area contributed by atoms with Gasteiger partial charge in [0, 0.05) is 17.8 Å². The molecule has 0 saturated carbocycles. The van der Waals surface area contributed by atoms with Crippen LogP contribution in [0.15, 0.2) is 72.3 Å². The molecule has 0 aromatic heterocycles. The van der Waals surface area contributed by atoms with E-state index in [-0.39, 0.29) is 12.4 Å². The molecule has 0 heterocycles. The first-order valence-corrected chi connectivity index (χ1v) is 9.84. The number of ether oxygens (including phenoxy) is 1. The van der Waals surface area contributed by atoms with Crippen LogP contribution < -0.4 is 21.1 Å². The van der Waals surface area contributed by atoms with Gasteiger partial charge in [-0.05, 0) is 61.4 Å². The second kappa shape index (κ2) is 11.3. The Morgan fingerprint density at radius 2 is 1.84 bits per heavy atom. The van der Waals surface area contributed by atoms with Gasteiger partial charge in [0.15, 0.2) is 0 Å². The van der Waals surface area contributed by atoms with Crippen LogP contribution in [0.5, 0.6) is 5.75 Å². The minimum absolute atomic E-state index is 0.0584. The van der Waals surface area contributed by atoms with Crippen LogP contribution in [-0.4, -0.2) is 24.8 Å². The Bertz CT molecular complexity index is 994. The number of nitrogen functional groups attached to an aromatic ring is 1. The van der Waals surface area contributed by atoms with Gasteiger partial charge in [-0.2, -0.15) is 0 Å². The number of benzene rings is 2. The van der Waals surface area contributed by atoms with E-state index >= 15 is 0 Å². The van der Waals surface area contributed by atoms with Gasteiger partial charge in [-0.25, -0.2) is 0 Å². The smallest absolute Gasteiger partial charge is 0.241 e. The van der Waals surface area contributed by atoms with E-state index in [1.165, 1.54) is 0 Å². The molecule has 7 nitrogen and oxygen atoms in total. The number of nitrogens with two attached hydrogens (primary N) is 1. The Labute approximate surface area is 182 Å². The van der Waals surface area contributed by atoms with Crippen molar-refractivity contribution in [3.05, 3.63) is 83.5 Å². The van der Waals surface area contributed by atoms with Crippen LogP contribution in [-0.2, 0) is 16.1 Å². The zero-order chi connectivity index (χ0) is 22.8. The normalized spacial score (nSPS) is 12.3. The van der Waals surface area contributed by atoms with Crippen molar-refractivity contribution in [2.24, 2.45) is 11.7 Å². The van der Waals surface area contributed by atoms with Gasteiger partial charge >= 0.3 is 0 Å². The van der Waals surface area contributed by atoms with Crippen molar-refractivity contribution in [3.63, 3.8) is 0 Å². The molecular weight excluding hydrogens is 392 g/mol. The second-order valence-electron chi connectivity index (χ2n) is 6.77. The third kappa shape index (κ3) is 6.57. The van der Waals surface area contributed by atoms with Crippen molar-refractivity contribution in [2.45, 2.75) is 20.4 Å². The van der Waals surface area contributed by atoms with Gasteiger partial charge in [-0.15, -0.1) is 0 Å². The molecule has 0 aliphatic carbocycles. The molecule has 2 amide bonds. The summed E-state index contributed by atoms with van der Waals surface area (Å²) in [5, 5.41) is 13.1. The number of carbonyl (C=O) groups excluding carboxylic acids is 2. The third-order valence-corrected chi connectivity index (χ3v) is 4.61. The maximum Gasteiger partial charge on any atom is 0.241 e. The lowest BCUT2D eigenvalue weighted by Gasteiger charge is -2.18. The molecule has 2 rings (SSSR count). The fraction of sp³-hybridized carbons (Fsp3) is 0.208. The number of allylic oxidation sites excluding steroid dienone is 3. The Kier molecular flexibility index (Phi) is 8.57. The van der Waals surface area contributed by atoms with Crippen LogP contribution in [0.2, 0.25) is 0 Å². The number of amides is 2. The Morgan fingerprint density at radius 3 is 2.42 bits per heavy atom. The Balaban J connectivity index is 2.19. The van der Waals surface area contributed by atoms with Crippen molar-refractivity contribution < 1.29 is 14.3 Å². The highest BCUT2D eigenvalue weighted by molar-refractivity contribution is 6.09. The maximum atomic E-state index is 13.0. The van der Waals surface area contributed by atoms with E-state index < -0.39 is 17.7 Å². The average molecular weight is 421 g/mol. The summed E-state index contributed by atoms with van der Waals surface area (Å²) >= 11 is 0. The van der Waals surface area contributed by atoms with E-state index in [0.717, 1.165) is 5.56 Å². The lowest BCUT2D eigenvalue weighted by atomic mass is 9.95. The molecule has 0 spiro atoms. The number of carbonyl (C=O) groups is 2. The highest BCUT2D eigenvalue weighted by Gasteiger charge is 2.29. The fourth-order valence-corrected chi connectivity index (χ4v) is 2.99. The fourth-order valence-electron chi connectivity index (χ4n) is 2.99. The van der Waals surface area contributed by atoms with Gasteiger partial charge in [0.2, 0.25) is 11.8 Å². The van der Waals surface area contributed by atoms with E-state index in [4.69, 9.17) is 15.9 Å². The van der Waals surface area contributed by atoms with Crippen molar-refractivity contribution in [1.82, 2.24) is 5.32 Å². The topological polar surface area (TPSA) is 117 Å². The van der Waals surface area contributed by atoms with Crippen LogP contribution in [0, 0.1) is 11.3 Å². The van der Waals surface area contributed by atoms with Crippen LogP contribution in [0.4, 0.5) is 5.69 Å². The summed E-state index contributed by atoms with van der Waals surface area (Å²) in [5.41, 5.74) is 7.97. The predicted molar refractivity (Wildman–Crippen MR) is 123 cm³/mol. The molecule has 5 N–H and O–H groups in total. The molecule has 2 aromatic rings. The number of nitrogens with one attached hydrogen (secondary N) is 3. The minimum Gasteiger partial charge on any atom is -0.497 e. The van der Waals surface area contributed by atoms with Crippen molar-refractivity contribution >= 4 is 23.3 Å². The van der Waals surface area contributed by atoms with Crippen LogP contribution in [0.1, 0.15) is 25.0 Å². The van der Waals surface area contributed by atoms with E-state index in [1.807, 2.05) is 31.2 Å². The summed E-state index contributed by atoms with van der Waals surface area (Å²) in [4.78, 5) is 26.0. The summed E-state index contributed by atoms with van der Waals surface area (Å²) in [5.74, 6) is -1.26. The van der Waals surface area contributed by atoms with Crippen molar-refractivity contribution in [2.75, 3.05) is 12.4 Å². The van der Waals surface area contributed by atoms with Crippen molar-refractivity contribution in [1.29, 1.82) is 5.41 Å². The van der Waals surface area contributed by atoms with Gasteiger partial charge in [0.1, 0.15) is 17.5 Å². The largest absolute Gasteiger partial charge is 0.497 e. The summed E-state index contributed by atoms with van der Waals surface area (Å²) in [6.07, 6.45) is 5.27. The first-order valence-electron chi connectivity index (χ1n) is 9.84. The van der Waals surface area contributed by atoms with Gasteiger partial charge in [-0.1, -0.05) is 30.4 Å². The molecule has 162 valence electrons. The predicted octanol–water partition coefficient (Wildman–Crippen LogP) is 3.37. The first-order chi connectivity index (χ1) is 14.9. The van der Waals surface area contributed by atoms with Gasteiger partial charge in [-0.3, -0.25) is 15.0 Å².